The molecule has 144 valence electrons. The molecule has 3 aromatic rings. The Kier molecular flexibility index (Phi) is 5.74. The number of esters is 1. The van der Waals surface area contributed by atoms with E-state index in [2.05, 4.69) is 5.10 Å². The second-order valence-corrected chi connectivity index (χ2v) is 6.27. The summed E-state index contributed by atoms with van der Waals surface area (Å²) in [4.78, 5) is 25.8. The summed E-state index contributed by atoms with van der Waals surface area (Å²) in [5.41, 5.74) is 2.23. The van der Waals surface area contributed by atoms with Crippen molar-refractivity contribution in [2.75, 3.05) is 27.8 Å². The fourth-order valence-corrected chi connectivity index (χ4v) is 2.55. The van der Waals surface area contributed by atoms with Crippen LogP contribution in [0.15, 0.2) is 60.8 Å². The van der Waals surface area contributed by atoms with Gasteiger partial charge in [0.1, 0.15) is 17.0 Å². The van der Waals surface area contributed by atoms with Crippen LogP contribution in [0.1, 0.15) is 10.4 Å². The highest BCUT2D eigenvalue weighted by Gasteiger charge is 2.21. The van der Waals surface area contributed by atoms with Crippen molar-refractivity contribution in [1.29, 1.82) is 0 Å². The molecule has 1 amide bonds. The standard InChI is InChI=1S/C21H21N3O4/c1-23(2)19(25)14-28-21(26)18-13-24(16-9-5-4-6-10-16)22-20(18)15-8-7-11-17(12-15)27-3/h4-13H,14H2,1-3H3. The van der Waals surface area contributed by atoms with Crippen LogP contribution in [-0.4, -0.2) is 54.4 Å². The van der Waals surface area contributed by atoms with Crippen molar-refractivity contribution in [3.63, 3.8) is 0 Å². The number of hydrogen-bond acceptors (Lipinski definition) is 5. The zero-order valence-corrected chi connectivity index (χ0v) is 16.0. The van der Waals surface area contributed by atoms with E-state index >= 15 is 0 Å². The van der Waals surface area contributed by atoms with Gasteiger partial charge < -0.3 is 14.4 Å². The number of carbonyl (C=O) groups excluding carboxylic acids is 2. The monoisotopic (exact) mass is 379 g/mol. The van der Waals surface area contributed by atoms with Gasteiger partial charge in [0.25, 0.3) is 5.91 Å². The Morgan fingerprint density at radius 1 is 1.07 bits per heavy atom. The van der Waals surface area contributed by atoms with Gasteiger partial charge in [-0.1, -0.05) is 30.3 Å². The third kappa shape index (κ3) is 4.20. The van der Waals surface area contributed by atoms with Crippen LogP contribution in [0.5, 0.6) is 5.75 Å². The van der Waals surface area contributed by atoms with Crippen molar-refractivity contribution in [3.05, 3.63) is 66.4 Å². The van der Waals surface area contributed by atoms with Crippen molar-refractivity contribution in [2.24, 2.45) is 0 Å². The zero-order chi connectivity index (χ0) is 20.1. The molecular weight excluding hydrogens is 358 g/mol. The highest BCUT2D eigenvalue weighted by Crippen LogP contribution is 2.27. The SMILES string of the molecule is COc1cccc(-c2nn(-c3ccccc3)cc2C(=O)OCC(=O)N(C)C)c1. The molecular formula is C21H21N3O4. The average molecular weight is 379 g/mol. The van der Waals surface area contributed by atoms with E-state index in [9.17, 15) is 9.59 Å². The summed E-state index contributed by atoms with van der Waals surface area (Å²) in [6.45, 7) is -0.333. The lowest BCUT2D eigenvalue weighted by atomic mass is 10.1. The van der Waals surface area contributed by atoms with Gasteiger partial charge in [-0.15, -0.1) is 0 Å². The molecule has 0 aliphatic heterocycles. The van der Waals surface area contributed by atoms with Gasteiger partial charge in [0.15, 0.2) is 6.61 Å². The average Bonchev–Trinajstić information content (AvgIpc) is 3.18. The number of aromatic nitrogens is 2. The van der Waals surface area contributed by atoms with Crippen LogP contribution in [0, 0.1) is 0 Å². The summed E-state index contributed by atoms with van der Waals surface area (Å²) in [5, 5.41) is 4.57. The molecule has 0 saturated heterocycles. The molecule has 28 heavy (non-hydrogen) atoms. The zero-order valence-electron chi connectivity index (χ0n) is 16.0. The lowest BCUT2D eigenvalue weighted by Gasteiger charge is -2.10. The van der Waals surface area contributed by atoms with Crippen LogP contribution < -0.4 is 4.74 Å². The highest BCUT2D eigenvalue weighted by atomic mass is 16.5. The quantitative estimate of drug-likeness (QED) is 0.616. The predicted molar refractivity (Wildman–Crippen MR) is 105 cm³/mol. The van der Waals surface area contributed by atoms with Crippen molar-refractivity contribution in [1.82, 2.24) is 14.7 Å². The molecule has 7 nitrogen and oxygen atoms in total. The molecule has 0 aliphatic rings. The number of hydrogen-bond donors (Lipinski definition) is 0. The third-order valence-electron chi connectivity index (χ3n) is 4.12. The normalized spacial score (nSPS) is 10.4. The number of methoxy groups -OCH3 is 1. The molecule has 7 heteroatoms. The fraction of sp³-hybridized carbons (Fsp3) is 0.190. The number of nitrogens with zero attached hydrogens (tertiary/aromatic N) is 3. The van der Waals surface area contributed by atoms with Gasteiger partial charge in [0.2, 0.25) is 0 Å². The molecule has 0 fully saturated rings. The molecule has 0 N–H and O–H groups in total. The van der Waals surface area contributed by atoms with Crippen LogP contribution >= 0.6 is 0 Å². The minimum absolute atomic E-state index is 0.267. The Bertz CT molecular complexity index is 980. The minimum Gasteiger partial charge on any atom is -0.497 e. The van der Waals surface area contributed by atoms with Crippen LogP contribution in [0.25, 0.3) is 16.9 Å². The molecule has 1 heterocycles. The van der Waals surface area contributed by atoms with E-state index in [-0.39, 0.29) is 18.1 Å². The fourth-order valence-electron chi connectivity index (χ4n) is 2.55. The Labute approximate surface area is 163 Å². The predicted octanol–water partition coefficient (Wildman–Crippen LogP) is 2.79. The first-order chi connectivity index (χ1) is 13.5. The lowest BCUT2D eigenvalue weighted by Crippen LogP contribution is -2.27. The van der Waals surface area contributed by atoms with Gasteiger partial charge in [-0.3, -0.25) is 4.79 Å². The second-order valence-electron chi connectivity index (χ2n) is 6.27. The van der Waals surface area contributed by atoms with Gasteiger partial charge in [-0.25, -0.2) is 9.48 Å². The first-order valence-corrected chi connectivity index (χ1v) is 8.66. The van der Waals surface area contributed by atoms with Gasteiger partial charge >= 0.3 is 5.97 Å². The molecule has 0 unspecified atom stereocenters. The first-order valence-electron chi connectivity index (χ1n) is 8.66. The maximum atomic E-state index is 12.7. The van der Waals surface area contributed by atoms with Gasteiger partial charge in [-0.05, 0) is 24.3 Å². The topological polar surface area (TPSA) is 73.7 Å². The van der Waals surface area contributed by atoms with Gasteiger partial charge in [-0.2, -0.15) is 5.10 Å². The van der Waals surface area contributed by atoms with E-state index in [0.29, 0.717) is 17.0 Å². The largest absolute Gasteiger partial charge is 0.497 e. The van der Waals surface area contributed by atoms with Crippen LogP contribution in [0.3, 0.4) is 0 Å². The number of rotatable bonds is 6. The number of amides is 1. The molecule has 0 bridgehead atoms. The summed E-state index contributed by atoms with van der Waals surface area (Å²) in [7, 11) is 4.78. The Balaban J connectivity index is 2.00. The van der Waals surface area contributed by atoms with Crippen LogP contribution in [0.4, 0.5) is 0 Å². The molecule has 0 atom stereocenters. The van der Waals surface area contributed by atoms with Gasteiger partial charge in [0, 0.05) is 25.9 Å². The van der Waals surface area contributed by atoms with E-state index in [0.717, 1.165) is 5.69 Å². The maximum Gasteiger partial charge on any atom is 0.342 e. The van der Waals surface area contributed by atoms with Crippen LogP contribution in [-0.2, 0) is 9.53 Å². The summed E-state index contributed by atoms with van der Waals surface area (Å²) < 4.78 is 12.1. The Morgan fingerprint density at radius 2 is 1.82 bits per heavy atom. The molecule has 3 rings (SSSR count). The molecule has 0 aliphatic carbocycles. The van der Waals surface area contributed by atoms with E-state index in [1.165, 1.54) is 4.90 Å². The molecule has 0 radical (unpaired) electrons. The van der Waals surface area contributed by atoms with E-state index in [4.69, 9.17) is 9.47 Å². The van der Waals surface area contributed by atoms with Crippen molar-refractivity contribution in [3.8, 4) is 22.7 Å². The van der Waals surface area contributed by atoms with E-state index < -0.39 is 5.97 Å². The number of para-hydroxylation sites is 1. The number of ether oxygens (including phenoxy) is 2. The summed E-state index contributed by atoms with van der Waals surface area (Å²) >= 11 is 0. The third-order valence-corrected chi connectivity index (χ3v) is 4.12. The summed E-state index contributed by atoms with van der Waals surface area (Å²) in [6, 6.07) is 16.7. The van der Waals surface area contributed by atoms with Gasteiger partial charge in [0.05, 0.1) is 12.8 Å². The Morgan fingerprint density at radius 3 is 2.50 bits per heavy atom. The number of benzene rings is 2. The lowest BCUT2D eigenvalue weighted by molar-refractivity contribution is -0.131. The van der Waals surface area contributed by atoms with Crippen LogP contribution in [0.2, 0.25) is 0 Å². The molecule has 0 spiro atoms. The number of carbonyl (C=O) groups is 2. The van der Waals surface area contributed by atoms with E-state index in [1.54, 1.807) is 38.2 Å². The highest BCUT2D eigenvalue weighted by molar-refractivity contribution is 5.97. The van der Waals surface area contributed by atoms with Crippen molar-refractivity contribution >= 4 is 11.9 Å². The van der Waals surface area contributed by atoms with Crippen molar-refractivity contribution in [2.45, 2.75) is 0 Å². The van der Waals surface area contributed by atoms with E-state index in [1.807, 2.05) is 48.5 Å². The maximum absolute atomic E-state index is 12.7. The second kappa shape index (κ2) is 8.39. The Hall–Kier alpha value is -3.61. The van der Waals surface area contributed by atoms with Crippen molar-refractivity contribution < 1.29 is 19.1 Å². The smallest absolute Gasteiger partial charge is 0.342 e. The molecule has 0 saturated carbocycles. The number of likely N-dealkylation sites (N-methyl/N-ethyl adjacent to an activating group) is 1. The first kappa shape index (κ1) is 19.2. The summed E-state index contributed by atoms with van der Waals surface area (Å²) in [5.74, 6) is -0.268. The minimum atomic E-state index is -0.616. The molecule has 2 aromatic carbocycles. The molecule has 1 aromatic heterocycles. The summed E-state index contributed by atoms with van der Waals surface area (Å²) in [6.07, 6.45) is 1.60.